The van der Waals surface area contributed by atoms with Crippen LogP contribution in [0.1, 0.15) is 31.1 Å². The number of methoxy groups -OCH3 is 1. The molecule has 2 heteroatoms. The molecule has 15 heavy (non-hydrogen) atoms. The van der Waals surface area contributed by atoms with Crippen LogP contribution in [-0.4, -0.2) is 13.7 Å². The topological polar surface area (TPSA) is 35.2 Å². The highest BCUT2D eigenvalue weighted by Crippen LogP contribution is 2.17. The Bertz CT molecular complexity index is 275. The molecular weight excluding hydrogens is 186 g/mol. The normalized spacial score (nSPS) is 13.1. The van der Waals surface area contributed by atoms with Gasteiger partial charge < -0.3 is 10.5 Å². The van der Waals surface area contributed by atoms with Crippen LogP contribution >= 0.6 is 0 Å². The second-order valence-corrected chi connectivity index (χ2v) is 4.30. The Morgan fingerprint density at radius 3 is 2.20 bits per heavy atom. The molecule has 1 aromatic rings. The molecule has 84 valence electrons. The van der Waals surface area contributed by atoms with E-state index in [-0.39, 0.29) is 6.10 Å². The maximum absolute atomic E-state index is 5.61. The molecule has 0 saturated carbocycles. The van der Waals surface area contributed by atoms with Crippen LogP contribution in [0.2, 0.25) is 0 Å². The Morgan fingerprint density at radius 1 is 1.20 bits per heavy atom. The lowest BCUT2D eigenvalue weighted by molar-refractivity contribution is 0.110. The van der Waals surface area contributed by atoms with E-state index >= 15 is 0 Å². The largest absolute Gasteiger partial charge is 0.375 e. The van der Waals surface area contributed by atoms with Crippen LogP contribution < -0.4 is 5.73 Å². The minimum Gasteiger partial charge on any atom is -0.375 e. The lowest BCUT2D eigenvalue weighted by Crippen LogP contribution is -2.14. The predicted molar refractivity (Wildman–Crippen MR) is 63.8 cm³/mol. The maximum Gasteiger partial charge on any atom is 0.0943 e. The number of nitrogens with two attached hydrogens (primary N) is 1. The van der Waals surface area contributed by atoms with E-state index in [1.807, 2.05) is 0 Å². The lowest BCUT2D eigenvalue weighted by atomic mass is 10.0. The Kier molecular flexibility index (Phi) is 4.79. The van der Waals surface area contributed by atoms with E-state index in [2.05, 4.69) is 38.1 Å². The number of benzene rings is 1. The minimum absolute atomic E-state index is 0.0260. The van der Waals surface area contributed by atoms with Crippen molar-refractivity contribution in [3.8, 4) is 0 Å². The van der Waals surface area contributed by atoms with Crippen LogP contribution in [0.4, 0.5) is 0 Å². The van der Waals surface area contributed by atoms with Gasteiger partial charge in [-0.05, 0) is 23.5 Å². The zero-order chi connectivity index (χ0) is 11.3. The molecule has 0 saturated heterocycles. The van der Waals surface area contributed by atoms with Crippen molar-refractivity contribution in [2.24, 2.45) is 11.7 Å². The Hall–Kier alpha value is -0.860. The summed E-state index contributed by atoms with van der Waals surface area (Å²) >= 11 is 0. The molecule has 0 amide bonds. The van der Waals surface area contributed by atoms with Crippen molar-refractivity contribution in [3.05, 3.63) is 35.4 Å². The molecule has 1 unspecified atom stereocenters. The average molecular weight is 207 g/mol. The molecule has 1 aromatic carbocycles. The third kappa shape index (κ3) is 3.65. The summed E-state index contributed by atoms with van der Waals surface area (Å²) in [4.78, 5) is 0. The quantitative estimate of drug-likeness (QED) is 0.805. The van der Waals surface area contributed by atoms with Gasteiger partial charge in [-0.15, -0.1) is 0 Å². The minimum atomic E-state index is 0.0260. The lowest BCUT2D eigenvalue weighted by Gasteiger charge is -2.14. The molecule has 0 aliphatic carbocycles. The van der Waals surface area contributed by atoms with Crippen LogP contribution in [-0.2, 0) is 11.2 Å². The second kappa shape index (κ2) is 5.89. The van der Waals surface area contributed by atoms with Crippen LogP contribution in [0.25, 0.3) is 0 Å². The average Bonchev–Trinajstić information content (AvgIpc) is 2.21. The molecule has 0 bridgehead atoms. The first-order valence-corrected chi connectivity index (χ1v) is 5.49. The third-order valence-corrected chi connectivity index (χ3v) is 2.49. The fraction of sp³-hybridized carbons (Fsp3) is 0.538. The highest BCUT2D eigenvalue weighted by atomic mass is 16.5. The Balaban J connectivity index is 2.71. The van der Waals surface area contributed by atoms with E-state index in [0.717, 1.165) is 12.0 Å². The van der Waals surface area contributed by atoms with E-state index in [1.54, 1.807) is 7.11 Å². The van der Waals surface area contributed by atoms with Crippen molar-refractivity contribution in [2.75, 3.05) is 13.7 Å². The zero-order valence-electron chi connectivity index (χ0n) is 9.86. The summed E-state index contributed by atoms with van der Waals surface area (Å²) in [5.74, 6) is 0.698. The molecule has 0 spiro atoms. The number of hydrogen-bond acceptors (Lipinski definition) is 2. The zero-order valence-corrected chi connectivity index (χ0v) is 9.86. The summed E-state index contributed by atoms with van der Waals surface area (Å²) in [6, 6.07) is 8.55. The SMILES string of the molecule is COC(CN)c1ccc(CC(C)C)cc1. The fourth-order valence-corrected chi connectivity index (χ4v) is 1.71. The van der Waals surface area contributed by atoms with Crippen molar-refractivity contribution >= 4 is 0 Å². The summed E-state index contributed by atoms with van der Waals surface area (Å²) in [6.45, 7) is 4.98. The molecule has 0 heterocycles. The highest BCUT2D eigenvalue weighted by Gasteiger charge is 2.07. The van der Waals surface area contributed by atoms with Crippen molar-refractivity contribution in [1.82, 2.24) is 0 Å². The van der Waals surface area contributed by atoms with Gasteiger partial charge in [0.1, 0.15) is 0 Å². The van der Waals surface area contributed by atoms with Gasteiger partial charge in [0.05, 0.1) is 6.10 Å². The Labute approximate surface area is 92.4 Å². The second-order valence-electron chi connectivity index (χ2n) is 4.30. The molecule has 2 nitrogen and oxygen atoms in total. The van der Waals surface area contributed by atoms with Crippen molar-refractivity contribution in [3.63, 3.8) is 0 Å². The fourth-order valence-electron chi connectivity index (χ4n) is 1.71. The first kappa shape index (κ1) is 12.2. The number of rotatable bonds is 5. The van der Waals surface area contributed by atoms with E-state index < -0.39 is 0 Å². The number of hydrogen-bond donors (Lipinski definition) is 1. The smallest absolute Gasteiger partial charge is 0.0943 e. The predicted octanol–water partition coefficient (Wildman–Crippen LogP) is 2.53. The summed E-state index contributed by atoms with van der Waals surface area (Å²) < 4.78 is 5.28. The summed E-state index contributed by atoms with van der Waals surface area (Å²) in [6.07, 6.45) is 1.15. The molecule has 1 atom stereocenters. The first-order valence-electron chi connectivity index (χ1n) is 5.49. The molecule has 0 fully saturated rings. The van der Waals surface area contributed by atoms with E-state index in [1.165, 1.54) is 5.56 Å². The number of ether oxygens (including phenoxy) is 1. The standard InChI is InChI=1S/C13H21NO/c1-10(2)8-11-4-6-12(7-5-11)13(9-14)15-3/h4-7,10,13H,8-9,14H2,1-3H3. The van der Waals surface area contributed by atoms with Gasteiger partial charge in [-0.3, -0.25) is 0 Å². The highest BCUT2D eigenvalue weighted by molar-refractivity contribution is 5.24. The van der Waals surface area contributed by atoms with Crippen molar-refractivity contribution in [1.29, 1.82) is 0 Å². The summed E-state index contributed by atoms with van der Waals surface area (Å²) in [5.41, 5.74) is 8.14. The molecule has 2 N–H and O–H groups in total. The van der Waals surface area contributed by atoms with E-state index in [9.17, 15) is 0 Å². The van der Waals surface area contributed by atoms with E-state index in [4.69, 9.17) is 10.5 Å². The van der Waals surface area contributed by atoms with Gasteiger partial charge in [0.25, 0.3) is 0 Å². The molecule has 0 aromatic heterocycles. The van der Waals surface area contributed by atoms with Gasteiger partial charge in [0.2, 0.25) is 0 Å². The molecular formula is C13H21NO. The summed E-state index contributed by atoms with van der Waals surface area (Å²) in [7, 11) is 1.69. The van der Waals surface area contributed by atoms with Crippen LogP contribution in [0, 0.1) is 5.92 Å². The third-order valence-electron chi connectivity index (χ3n) is 2.49. The van der Waals surface area contributed by atoms with Gasteiger partial charge in [0, 0.05) is 13.7 Å². The molecule has 0 radical (unpaired) electrons. The molecule has 1 rings (SSSR count). The Morgan fingerprint density at radius 2 is 1.80 bits per heavy atom. The maximum atomic E-state index is 5.61. The van der Waals surface area contributed by atoms with Gasteiger partial charge in [-0.2, -0.15) is 0 Å². The van der Waals surface area contributed by atoms with Gasteiger partial charge in [-0.1, -0.05) is 38.1 Å². The van der Waals surface area contributed by atoms with Crippen molar-refractivity contribution < 1.29 is 4.74 Å². The van der Waals surface area contributed by atoms with Gasteiger partial charge in [0.15, 0.2) is 0 Å². The van der Waals surface area contributed by atoms with Crippen LogP contribution in [0.15, 0.2) is 24.3 Å². The van der Waals surface area contributed by atoms with Gasteiger partial charge in [-0.25, -0.2) is 0 Å². The van der Waals surface area contributed by atoms with E-state index in [0.29, 0.717) is 12.5 Å². The van der Waals surface area contributed by atoms with Crippen LogP contribution in [0.3, 0.4) is 0 Å². The molecule has 0 aliphatic heterocycles. The first-order chi connectivity index (χ1) is 7.17. The van der Waals surface area contributed by atoms with Crippen molar-refractivity contribution in [2.45, 2.75) is 26.4 Å². The summed E-state index contributed by atoms with van der Waals surface area (Å²) in [5, 5.41) is 0. The van der Waals surface area contributed by atoms with Gasteiger partial charge >= 0.3 is 0 Å². The molecule has 0 aliphatic rings. The monoisotopic (exact) mass is 207 g/mol. The van der Waals surface area contributed by atoms with Crippen LogP contribution in [0.5, 0.6) is 0 Å².